The van der Waals surface area contributed by atoms with Crippen molar-refractivity contribution in [2.45, 2.75) is 25.8 Å². The Morgan fingerprint density at radius 1 is 1.08 bits per heavy atom. The van der Waals surface area contributed by atoms with Crippen LogP contribution in [0.1, 0.15) is 24.8 Å². The summed E-state index contributed by atoms with van der Waals surface area (Å²) in [5, 5.41) is 0. The third-order valence-electron chi connectivity index (χ3n) is 5.40. The Morgan fingerprint density at radius 2 is 1.81 bits per heavy atom. The Labute approximate surface area is 150 Å². The fourth-order valence-corrected chi connectivity index (χ4v) is 4.05. The summed E-state index contributed by atoms with van der Waals surface area (Å²) in [6.45, 7) is 2.55. The van der Waals surface area contributed by atoms with Gasteiger partial charge in [-0.05, 0) is 30.5 Å². The number of hydrogen-bond acceptors (Lipinski definition) is 4. The highest BCUT2D eigenvalue weighted by molar-refractivity contribution is 5.79. The molecule has 3 heterocycles. The number of hydrogen-bond donors (Lipinski definition) is 0. The first-order valence-electron chi connectivity index (χ1n) is 8.77. The summed E-state index contributed by atoms with van der Waals surface area (Å²) in [5.74, 6) is -0.307. The standard InChI is InChI=1S/C19H20F2N4O/c20-15-7-14(8-16(21)9-15)12-25-13-19(10-18(25)26)1-5-24(6-2-19)17-11-22-3-4-23-17/h3-4,7-9,11H,1-2,5-6,10,12-13H2. The normalized spacial score (nSPS) is 19.4. The third kappa shape index (κ3) is 3.38. The minimum absolute atomic E-state index is 0.0539. The largest absolute Gasteiger partial charge is 0.355 e. The molecular formula is C19H20F2N4O. The number of nitrogens with zero attached hydrogens (tertiary/aromatic N) is 4. The Hall–Kier alpha value is -2.57. The number of piperidine rings is 1. The molecule has 0 saturated carbocycles. The van der Waals surface area contributed by atoms with E-state index in [0.717, 1.165) is 37.8 Å². The van der Waals surface area contributed by atoms with Gasteiger partial charge in [0.2, 0.25) is 5.91 Å². The summed E-state index contributed by atoms with van der Waals surface area (Å²) in [6.07, 6.45) is 7.37. The maximum atomic E-state index is 13.4. The molecule has 2 fully saturated rings. The molecule has 0 radical (unpaired) electrons. The van der Waals surface area contributed by atoms with Gasteiger partial charge in [0.15, 0.2) is 0 Å². The lowest BCUT2D eigenvalue weighted by atomic mass is 9.77. The van der Waals surface area contributed by atoms with Gasteiger partial charge < -0.3 is 9.80 Å². The summed E-state index contributed by atoms with van der Waals surface area (Å²) in [4.78, 5) is 24.8. The molecule has 2 aromatic rings. The van der Waals surface area contributed by atoms with Gasteiger partial charge >= 0.3 is 0 Å². The Bertz CT molecular complexity index is 786. The van der Waals surface area contributed by atoms with Crippen LogP contribution in [0.2, 0.25) is 0 Å². The molecule has 7 heteroatoms. The molecule has 1 spiro atoms. The molecule has 0 N–H and O–H groups in total. The molecule has 26 heavy (non-hydrogen) atoms. The number of likely N-dealkylation sites (tertiary alicyclic amines) is 1. The molecular weight excluding hydrogens is 338 g/mol. The fraction of sp³-hybridized carbons (Fsp3) is 0.421. The van der Waals surface area contributed by atoms with Gasteiger partial charge in [-0.2, -0.15) is 0 Å². The number of halogens is 2. The summed E-state index contributed by atoms with van der Waals surface area (Å²) in [7, 11) is 0. The first-order valence-corrected chi connectivity index (χ1v) is 8.77. The van der Waals surface area contributed by atoms with Crippen LogP contribution in [0.3, 0.4) is 0 Å². The van der Waals surface area contributed by atoms with Crippen LogP contribution in [0.25, 0.3) is 0 Å². The topological polar surface area (TPSA) is 49.3 Å². The van der Waals surface area contributed by atoms with Crippen molar-refractivity contribution < 1.29 is 13.6 Å². The van der Waals surface area contributed by atoms with Crippen molar-refractivity contribution in [1.29, 1.82) is 0 Å². The summed E-state index contributed by atoms with van der Waals surface area (Å²) >= 11 is 0. The van der Waals surface area contributed by atoms with Gasteiger partial charge in [0.05, 0.1) is 6.20 Å². The zero-order valence-electron chi connectivity index (χ0n) is 14.4. The van der Waals surface area contributed by atoms with Crippen LogP contribution in [0.4, 0.5) is 14.6 Å². The van der Waals surface area contributed by atoms with Crippen LogP contribution in [-0.2, 0) is 11.3 Å². The van der Waals surface area contributed by atoms with E-state index >= 15 is 0 Å². The summed E-state index contributed by atoms with van der Waals surface area (Å²) in [6, 6.07) is 3.43. The van der Waals surface area contributed by atoms with Gasteiger partial charge in [0, 0.05) is 56.5 Å². The Kier molecular flexibility index (Phi) is 4.30. The second kappa shape index (κ2) is 6.63. The van der Waals surface area contributed by atoms with Gasteiger partial charge in [-0.15, -0.1) is 0 Å². The lowest BCUT2D eigenvalue weighted by Gasteiger charge is -2.39. The van der Waals surface area contributed by atoms with E-state index in [9.17, 15) is 13.6 Å². The second-order valence-electron chi connectivity index (χ2n) is 7.25. The van der Waals surface area contributed by atoms with Crippen LogP contribution in [0.15, 0.2) is 36.8 Å². The average molecular weight is 358 g/mol. The molecule has 1 aromatic carbocycles. The first kappa shape index (κ1) is 16.9. The molecule has 2 aliphatic heterocycles. The molecule has 1 amide bonds. The molecule has 5 nitrogen and oxygen atoms in total. The first-order chi connectivity index (χ1) is 12.5. The minimum Gasteiger partial charge on any atom is -0.355 e. The highest BCUT2D eigenvalue weighted by Crippen LogP contribution is 2.42. The van der Waals surface area contributed by atoms with Gasteiger partial charge in [0.1, 0.15) is 17.5 Å². The van der Waals surface area contributed by atoms with Crippen LogP contribution in [0, 0.1) is 17.0 Å². The zero-order chi connectivity index (χ0) is 18.1. The number of amides is 1. The number of carbonyl (C=O) groups is 1. The molecule has 2 aliphatic rings. The van der Waals surface area contributed by atoms with E-state index in [2.05, 4.69) is 14.9 Å². The number of aromatic nitrogens is 2. The van der Waals surface area contributed by atoms with Gasteiger partial charge in [0.25, 0.3) is 0 Å². The molecule has 0 aliphatic carbocycles. The van der Waals surface area contributed by atoms with Crippen LogP contribution >= 0.6 is 0 Å². The monoisotopic (exact) mass is 358 g/mol. The SMILES string of the molecule is O=C1CC2(CCN(c3cnccn3)CC2)CN1Cc1cc(F)cc(F)c1. The van der Waals surface area contributed by atoms with Crippen LogP contribution < -0.4 is 4.90 Å². The number of anilines is 1. The van der Waals surface area contributed by atoms with E-state index in [1.54, 1.807) is 23.5 Å². The molecule has 2 saturated heterocycles. The lowest BCUT2D eigenvalue weighted by molar-refractivity contribution is -0.128. The number of rotatable bonds is 3. The van der Waals surface area contributed by atoms with Crippen molar-refractivity contribution in [3.63, 3.8) is 0 Å². The summed E-state index contributed by atoms with van der Waals surface area (Å²) in [5.41, 5.74) is 0.437. The Morgan fingerprint density at radius 3 is 2.46 bits per heavy atom. The van der Waals surface area contributed by atoms with Crippen molar-refractivity contribution in [2.75, 3.05) is 24.5 Å². The van der Waals surface area contributed by atoms with E-state index in [-0.39, 0.29) is 17.9 Å². The van der Waals surface area contributed by atoms with Gasteiger partial charge in [-0.25, -0.2) is 13.8 Å². The number of benzene rings is 1. The maximum Gasteiger partial charge on any atom is 0.223 e. The molecule has 1 aromatic heterocycles. The van der Waals surface area contributed by atoms with Crippen molar-refractivity contribution in [2.24, 2.45) is 5.41 Å². The van der Waals surface area contributed by atoms with E-state index in [0.29, 0.717) is 18.5 Å². The fourth-order valence-electron chi connectivity index (χ4n) is 4.05. The van der Waals surface area contributed by atoms with Crippen molar-refractivity contribution in [1.82, 2.24) is 14.9 Å². The van der Waals surface area contributed by atoms with Crippen molar-refractivity contribution in [3.8, 4) is 0 Å². The highest BCUT2D eigenvalue weighted by Gasteiger charge is 2.44. The van der Waals surface area contributed by atoms with E-state index in [1.165, 1.54) is 12.1 Å². The predicted octanol–water partition coefficient (Wildman–Crippen LogP) is 2.77. The molecule has 0 bridgehead atoms. The van der Waals surface area contributed by atoms with E-state index < -0.39 is 11.6 Å². The quantitative estimate of drug-likeness (QED) is 0.847. The van der Waals surface area contributed by atoms with Gasteiger partial charge in [-0.3, -0.25) is 9.78 Å². The van der Waals surface area contributed by atoms with Crippen LogP contribution in [0.5, 0.6) is 0 Å². The highest BCUT2D eigenvalue weighted by atomic mass is 19.1. The molecule has 4 rings (SSSR count). The minimum atomic E-state index is -0.612. The zero-order valence-corrected chi connectivity index (χ0v) is 14.4. The third-order valence-corrected chi connectivity index (χ3v) is 5.40. The molecule has 0 unspecified atom stereocenters. The molecule has 136 valence electrons. The maximum absolute atomic E-state index is 13.4. The Balaban J connectivity index is 1.41. The summed E-state index contributed by atoms with van der Waals surface area (Å²) < 4.78 is 26.8. The lowest BCUT2D eigenvalue weighted by Crippen LogP contribution is -2.42. The second-order valence-corrected chi connectivity index (χ2v) is 7.25. The van der Waals surface area contributed by atoms with E-state index in [4.69, 9.17) is 0 Å². The van der Waals surface area contributed by atoms with E-state index in [1.807, 2.05) is 0 Å². The van der Waals surface area contributed by atoms with Crippen molar-refractivity contribution >= 4 is 11.7 Å². The molecule has 0 atom stereocenters. The smallest absolute Gasteiger partial charge is 0.223 e. The van der Waals surface area contributed by atoms with Crippen molar-refractivity contribution in [3.05, 3.63) is 54.0 Å². The average Bonchev–Trinajstić information content (AvgIpc) is 2.90. The predicted molar refractivity (Wildman–Crippen MR) is 92.3 cm³/mol. The van der Waals surface area contributed by atoms with Crippen LogP contribution in [-0.4, -0.2) is 40.4 Å². The van der Waals surface area contributed by atoms with Gasteiger partial charge in [-0.1, -0.05) is 0 Å². The number of carbonyl (C=O) groups excluding carboxylic acids is 1.